The second kappa shape index (κ2) is 9.88. The summed E-state index contributed by atoms with van der Waals surface area (Å²) in [5.74, 6) is -0.122. The van der Waals surface area contributed by atoms with Crippen molar-refractivity contribution in [3.8, 4) is 5.88 Å². The third-order valence-electron chi connectivity index (χ3n) is 4.33. The van der Waals surface area contributed by atoms with Crippen LogP contribution in [0.25, 0.3) is 0 Å². The molecule has 0 radical (unpaired) electrons. The monoisotopic (exact) mass is 456 g/mol. The molecular weight excluding hydrogens is 436 g/mol. The number of pyridine rings is 1. The second-order valence-electron chi connectivity index (χ2n) is 6.49. The molecule has 0 fully saturated rings. The Morgan fingerprint density at radius 1 is 1.12 bits per heavy atom. The number of rotatable bonds is 9. The number of anilines is 1. The lowest BCUT2D eigenvalue weighted by Crippen LogP contribution is -2.25. The van der Waals surface area contributed by atoms with Gasteiger partial charge in [0.1, 0.15) is 0 Å². The first kappa shape index (κ1) is 22.7. The molecule has 0 saturated heterocycles. The van der Waals surface area contributed by atoms with E-state index in [0.29, 0.717) is 18.1 Å². The predicted molar refractivity (Wildman–Crippen MR) is 117 cm³/mol. The summed E-state index contributed by atoms with van der Waals surface area (Å²) in [6.07, 6.45) is 1.58. The van der Waals surface area contributed by atoms with Crippen LogP contribution in [0.2, 0.25) is 0 Å². The summed E-state index contributed by atoms with van der Waals surface area (Å²) < 4.78 is 33.3. The summed E-state index contributed by atoms with van der Waals surface area (Å²) in [5, 5.41) is 13.7. The van der Waals surface area contributed by atoms with Crippen molar-refractivity contribution in [3.05, 3.63) is 88.1 Å². The molecule has 2 aromatic carbocycles. The molecule has 1 aromatic heterocycles. The molecule has 0 aliphatic carbocycles. The van der Waals surface area contributed by atoms with E-state index in [1.165, 1.54) is 30.3 Å². The van der Waals surface area contributed by atoms with Crippen LogP contribution in [-0.2, 0) is 16.6 Å². The van der Waals surface area contributed by atoms with Gasteiger partial charge in [0.15, 0.2) is 0 Å². The molecule has 0 unspecified atom stereocenters. The molecule has 0 aliphatic heterocycles. The molecule has 0 bridgehead atoms. The number of nitro benzene ring substituents is 1. The Kier molecular flexibility index (Phi) is 7.00. The van der Waals surface area contributed by atoms with Crippen molar-refractivity contribution in [3.63, 3.8) is 0 Å². The van der Waals surface area contributed by atoms with Gasteiger partial charge in [-0.2, -0.15) is 0 Å². The first-order chi connectivity index (χ1) is 15.3. The van der Waals surface area contributed by atoms with E-state index in [4.69, 9.17) is 4.74 Å². The van der Waals surface area contributed by atoms with Crippen LogP contribution in [-0.4, -0.2) is 30.8 Å². The summed E-state index contributed by atoms with van der Waals surface area (Å²) in [4.78, 5) is 26.9. The molecular formula is C21H20N4O6S. The number of carbonyl (C=O) groups is 1. The van der Waals surface area contributed by atoms with E-state index < -0.39 is 20.9 Å². The van der Waals surface area contributed by atoms with Crippen molar-refractivity contribution in [2.75, 3.05) is 11.3 Å². The highest BCUT2D eigenvalue weighted by Gasteiger charge is 2.21. The van der Waals surface area contributed by atoms with Gasteiger partial charge in [0.25, 0.3) is 21.6 Å². The van der Waals surface area contributed by atoms with Crippen molar-refractivity contribution >= 4 is 27.3 Å². The van der Waals surface area contributed by atoms with E-state index in [-0.39, 0.29) is 28.4 Å². The van der Waals surface area contributed by atoms with Gasteiger partial charge in [-0.05, 0) is 31.2 Å². The van der Waals surface area contributed by atoms with Gasteiger partial charge in [-0.25, -0.2) is 13.4 Å². The zero-order valence-electron chi connectivity index (χ0n) is 17.0. The Morgan fingerprint density at radius 2 is 1.91 bits per heavy atom. The number of non-ortho nitro benzene ring substituents is 1. The Balaban J connectivity index is 1.81. The third-order valence-corrected chi connectivity index (χ3v) is 5.69. The van der Waals surface area contributed by atoms with Crippen molar-refractivity contribution in [1.82, 2.24) is 10.3 Å². The number of nitrogens with one attached hydrogen (secondary N) is 2. The minimum absolute atomic E-state index is 0.0349. The Bertz CT molecular complexity index is 1250. The Morgan fingerprint density at radius 3 is 2.66 bits per heavy atom. The quantitative estimate of drug-likeness (QED) is 0.372. The van der Waals surface area contributed by atoms with Crippen molar-refractivity contribution in [2.45, 2.75) is 18.4 Å². The molecule has 10 nitrogen and oxygen atoms in total. The lowest BCUT2D eigenvalue weighted by atomic mass is 10.1. The smallest absolute Gasteiger partial charge is 0.270 e. The summed E-state index contributed by atoms with van der Waals surface area (Å²) in [6, 6.07) is 14.2. The van der Waals surface area contributed by atoms with Gasteiger partial charge in [0, 0.05) is 30.4 Å². The molecule has 166 valence electrons. The minimum atomic E-state index is -4.17. The van der Waals surface area contributed by atoms with Crippen molar-refractivity contribution in [2.24, 2.45) is 0 Å². The van der Waals surface area contributed by atoms with Gasteiger partial charge in [-0.1, -0.05) is 24.3 Å². The van der Waals surface area contributed by atoms with E-state index in [1.54, 1.807) is 30.5 Å². The molecule has 3 rings (SSSR count). The van der Waals surface area contributed by atoms with Crippen molar-refractivity contribution in [1.29, 1.82) is 0 Å². The molecule has 1 amide bonds. The fourth-order valence-corrected chi connectivity index (χ4v) is 3.95. The molecule has 0 spiro atoms. The molecule has 2 N–H and O–H groups in total. The molecule has 32 heavy (non-hydrogen) atoms. The van der Waals surface area contributed by atoms with E-state index in [1.807, 2.05) is 6.92 Å². The Labute approximate surface area is 184 Å². The SMILES string of the molecule is CCOc1ncccc1CNC(=O)c1ccccc1NS(=O)(=O)c1cccc([N+](=O)[O-])c1. The van der Waals surface area contributed by atoms with Crippen LogP contribution >= 0.6 is 0 Å². The fraction of sp³-hybridized carbons (Fsp3) is 0.143. The lowest BCUT2D eigenvalue weighted by Gasteiger charge is -2.13. The van der Waals surface area contributed by atoms with Gasteiger partial charge < -0.3 is 10.1 Å². The standard InChI is InChI=1S/C21H20N4O6S/c1-2-31-21-15(7-6-12-22-21)14-23-20(26)18-10-3-4-11-19(18)24-32(29,30)17-9-5-8-16(13-17)25(27)28/h3-13,24H,2,14H2,1H3,(H,23,26). The van der Waals surface area contributed by atoms with Crippen LogP contribution in [0.4, 0.5) is 11.4 Å². The van der Waals surface area contributed by atoms with E-state index in [0.717, 1.165) is 6.07 Å². The normalized spacial score (nSPS) is 10.9. The molecule has 0 atom stereocenters. The fourth-order valence-electron chi connectivity index (χ4n) is 2.83. The number of sulfonamides is 1. The second-order valence-corrected chi connectivity index (χ2v) is 8.17. The van der Waals surface area contributed by atoms with E-state index in [9.17, 15) is 23.3 Å². The predicted octanol–water partition coefficient (Wildman–Crippen LogP) is 3.12. The summed E-state index contributed by atoms with van der Waals surface area (Å²) in [5.41, 5.74) is 0.425. The molecule has 0 saturated carbocycles. The maximum Gasteiger partial charge on any atom is 0.270 e. The average molecular weight is 456 g/mol. The largest absolute Gasteiger partial charge is 0.478 e. The molecule has 3 aromatic rings. The van der Waals surface area contributed by atoms with Gasteiger partial charge in [0.2, 0.25) is 5.88 Å². The number of carbonyl (C=O) groups excluding carboxylic acids is 1. The van der Waals surface area contributed by atoms with Gasteiger partial charge >= 0.3 is 0 Å². The number of benzene rings is 2. The van der Waals surface area contributed by atoms with Crippen molar-refractivity contribution < 1.29 is 22.9 Å². The zero-order chi connectivity index (χ0) is 23.1. The maximum absolute atomic E-state index is 12.8. The lowest BCUT2D eigenvalue weighted by molar-refractivity contribution is -0.385. The molecule has 1 heterocycles. The van der Waals surface area contributed by atoms with Crippen LogP contribution in [0.1, 0.15) is 22.8 Å². The molecule has 0 aliphatic rings. The number of hydrogen-bond acceptors (Lipinski definition) is 7. The highest BCUT2D eigenvalue weighted by molar-refractivity contribution is 7.92. The number of para-hydroxylation sites is 1. The molecule has 11 heteroatoms. The number of ether oxygens (including phenoxy) is 1. The maximum atomic E-state index is 12.8. The summed E-state index contributed by atoms with van der Waals surface area (Å²) in [6.45, 7) is 2.36. The first-order valence-corrected chi connectivity index (χ1v) is 11.0. The van der Waals surface area contributed by atoms with Gasteiger partial charge in [0.05, 0.1) is 27.7 Å². The highest BCUT2D eigenvalue weighted by Crippen LogP contribution is 2.23. The number of nitrogens with zero attached hydrogens (tertiary/aromatic N) is 2. The van der Waals surface area contributed by atoms with E-state index >= 15 is 0 Å². The Hall–Kier alpha value is -3.99. The minimum Gasteiger partial charge on any atom is -0.478 e. The van der Waals surface area contributed by atoms with Gasteiger partial charge in [-0.15, -0.1) is 0 Å². The van der Waals surface area contributed by atoms with Crippen LogP contribution in [0, 0.1) is 10.1 Å². The van der Waals surface area contributed by atoms with Gasteiger partial charge in [-0.3, -0.25) is 19.6 Å². The number of nitro groups is 1. The van der Waals surface area contributed by atoms with E-state index in [2.05, 4.69) is 15.0 Å². The zero-order valence-corrected chi connectivity index (χ0v) is 17.8. The van der Waals surface area contributed by atoms with Crippen LogP contribution < -0.4 is 14.8 Å². The third kappa shape index (κ3) is 5.38. The average Bonchev–Trinajstić information content (AvgIpc) is 2.78. The topological polar surface area (TPSA) is 141 Å². The number of amides is 1. The highest BCUT2D eigenvalue weighted by atomic mass is 32.2. The van der Waals surface area contributed by atoms with Crippen LogP contribution in [0.15, 0.2) is 71.8 Å². The number of aromatic nitrogens is 1. The first-order valence-electron chi connectivity index (χ1n) is 9.53. The number of hydrogen-bond donors (Lipinski definition) is 2. The summed E-state index contributed by atoms with van der Waals surface area (Å²) >= 11 is 0. The summed E-state index contributed by atoms with van der Waals surface area (Å²) in [7, 11) is -4.17. The van der Waals surface area contributed by atoms with Crippen LogP contribution in [0.3, 0.4) is 0 Å². The van der Waals surface area contributed by atoms with Crippen LogP contribution in [0.5, 0.6) is 5.88 Å².